The third-order valence-electron chi connectivity index (χ3n) is 4.98. The predicted octanol–water partition coefficient (Wildman–Crippen LogP) is 5.19. The van der Waals surface area contributed by atoms with E-state index in [0.29, 0.717) is 5.56 Å². The highest BCUT2D eigenvalue weighted by atomic mass is 19.4. The largest absolute Gasteiger partial charge is 0.418 e. The number of alkyl halides is 3. The lowest BCUT2D eigenvalue weighted by molar-refractivity contribution is -0.136. The highest BCUT2D eigenvalue weighted by Gasteiger charge is 2.33. The quantitative estimate of drug-likeness (QED) is 0.796. The van der Waals surface area contributed by atoms with E-state index in [1.807, 2.05) is 12.1 Å². The van der Waals surface area contributed by atoms with Crippen molar-refractivity contribution in [2.24, 2.45) is 5.92 Å². The number of halogens is 3. The van der Waals surface area contributed by atoms with Crippen molar-refractivity contribution in [1.29, 1.82) is 0 Å². The van der Waals surface area contributed by atoms with E-state index in [1.54, 1.807) is 12.1 Å². The Morgan fingerprint density at radius 3 is 2.33 bits per heavy atom. The Morgan fingerprint density at radius 2 is 1.70 bits per heavy atom. The summed E-state index contributed by atoms with van der Waals surface area (Å²) >= 11 is 0. The summed E-state index contributed by atoms with van der Waals surface area (Å²) in [6, 6.07) is 12.0. The van der Waals surface area contributed by atoms with Crippen LogP contribution in [0.15, 0.2) is 48.5 Å². The summed E-state index contributed by atoms with van der Waals surface area (Å²) in [5.74, 6) is 0.219. The third-order valence-corrected chi connectivity index (χ3v) is 4.98. The van der Waals surface area contributed by atoms with E-state index in [4.69, 9.17) is 0 Å². The molecule has 144 valence electrons. The van der Waals surface area contributed by atoms with E-state index in [9.17, 15) is 18.0 Å². The van der Waals surface area contributed by atoms with Crippen LogP contribution in [0, 0.1) is 5.92 Å². The molecule has 1 saturated heterocycles. The van der Waals surface area contributed by atoms with Gasteiger partial charge in [-0.15, -0.1) is 0 Å². The van der Waals surface area contributed by atoms with Crippen molar-refractivity contribution >= 4 is 11.6 Å². The van der Waals surface area contributed by atoms with Crippen molar-refractivity contribution in [2.75, 3.05) is 18.4 Å². The monoisotopic (exact) mass is 376 g/mol. The lowest BCUT2D eigenvalue weighted by atomic mass is 9.99. The van der Waals surface area contributed by atoms with Crippen LogP contribution in [-0.4, -0.2) is 23.9 Å². The highest BCUT2D eigenvalue weighted by molar-refractivity contribution is 6.04. The Labute approximate surface area is 157 Å². The van der Waals surface area contributed by atoms with Crippen LogP contribution >= 0.6 is 0 Å². The summed E-state index contributed by atoms with van der Waals surface area (Å²) in [6.07, 6.45) is -2.13. The molecule has 0 bridgehead atoms. The van der Waals surface area contributed by atoms with E-state index < -0.39 is 17.6 Å². The zero-order chi connectivity index (χ0) is 19.4. The van der Waals surface area contributed by atoms with E-state index >= 15 is 0 Å². The number of nitrogens with one attached hydrogen (secondary N) is 1. The summed E-state index contributed by atoms with van der Waals surface area (Å²) in [5.41, 5.74) is 0.343. The molecule has 3 rings (SSSR count). The van der Waals surface area contributed by atoms with Gasteiger partial charge in [0, 0.05) is 12.1 Å². The van der Waals surface area contributed by atoms with Gasteiger partial charge < -0.3 is 5.32 Å². The van der Waals surface area contributed by atoms with Gasteiger partial charge in [-0.05, 0) is 61.7 Å². The SMILES string of the molecule is CC1CCN(Cc2ccc(C(=O)Nc3ccccc3C(F)(F)F)cc2)CC1. The molecule has 0 saturated carbocycles. The number of benzene rings is 2. The molecular weight excluding hydrogens is 353 g/mol. The minimum Gasteiger partial charge on any atom is -0.321 e. The van der Waals surface area contributed by atoms with Crippen LogP contribution in [0.4, 0.5) is 18.9 Å². The number of carbonyl (C=O) groups excluding carboxylic acids is 1. The first-order valence-corrected chi connectivity index (χ1v) is 9.12. The fourth-order valence-electron chi connectivity index (χ4n) is 3.27. The summed E-state index contributed by atoms with van der Waals surface area (Å²) in [7, 11) is 0. The van der Waals surface area contributed by atoms with Gasteiger partial charge in [0.2, 0.25) is 0 Å². The van der Waals surface area contributed by atoms with Gasteiger partial charge in [-0.2, -0.15) is 13.2 Å². The minimum atomic E-state index is -4.51. The van der Waals surface area contributed by atoms with Gasteiger partial charge in [-0.25, -0.2) is 0 Å². The molecule has 1 fully saturated rings. The third kappa shape index (κ3) is 5.10. The van der Waals surface area contributed by atoms with Crippen LogP contribution < -0.4 is 5.32 Å². The van der Waals surface area contributed by atoms with Crippen LogP contribution in [-0.2, 0) is 12.7 Å². The van der Waals surface area contributed by atoms with Gasteiger partial charge in [0.1, 0.15) is 0 Å². The van der Waals surface area contributed by atoms with Gasteiger partial charge in [0.25, 0.3) is 5.91 Å². The molecule has 0 atom stereocenters. The molecule has 1 amide bonds. The van der Waals surface area contributed by atoms with E-state index in [0.717, 1.165) is 37.2 Å². The zero-order valence-electron chi connectivity index (χ0n) is 15.2. The molecule has 1 heterocycles. The number of anilines is 1. The second-order valence-corrected chi connectivity index (χ2v) is 7.15. The lowest BCUT2D eigenvalue weighted by Crippen LogP contribution is -2.32. The van der Waals surface area contributed by atoms with Crippen molar-refractivity contribution in [1.82, 2.24) is 4.90 Å². The molecule has 1 aliphatic heterocycles. The molecule has 0 unspecified atom stereocenters. The number of likely N-dealkylation sites (tertiary alicyclic amines) is 1. The second kappa shape index (κ2) is 8.13. The Balaban J connectivity index is 1.65. The van der Waals surface area contributed by atoms with Crippen molar-refractivity contribution in [3.05, 3.63) is 65.2 Å². The molecule has 2 aromatic rings. The molecule has 1 aliphatic rings. The van der Waals surface area contributed by atoms with Gasteiger partial charge in [0.15, 0.2) is 0 Å². The standard InChI is InChI=1S/C21H23F3N2O/c1-15-10-12-26(13-11-15)14-16-6-8-17(9-7-16)20(27)25-19-5-3-2-4-18(19)21(22,23)24/h2-9,15H,10-14H2,1H3,(H,25,27). The zero-order valence-corrected chi connectivity index (χ0v) is 15.2. The van der Waals surface area contributed by atoms with Crippen LogP contribution in [0.25, 0.3) is 0 Å². The number of hydrogen-bond donors (Lipinski definition) is 1. The van der Waals surface area contributed by atoms with Crippen molar-refractivity contribution in [2.45, 2.75) is 32.5 Å². The molecule has 6 heteroatoms. The number of para-hydroxylation sites is 1. The molecule has 0 aliphatic carbocycles. The average Bonchev–Trinajstić information content (AvgIpc) is 2.64. The van der Waals surface area contributed by atoms with Crippen LogP contribution in [0.1, 0.15) is 41.3 Å². The normalized spacial score (nSPS) is 16.3. The topological polar surface area (TPSA) is 32.3 Å². The van der Waals surface area contributed by atoms with Crippen LogP contribution in [0.2, 0.25) is 0 Å². The number of nitrogens with zero attached hydrogens (tertiary/aromatic N) is 1. The van der Waals surface area contributed by atoms with E-state index in [-0.39, 0.29) is 5.69 Å². The number of amides is 1. The summed E-state index contributed by atoms with van der Waals surface area (Å²) in [4.78, 5) is 14.7. The maximum Gasteiger partial charge on any atom is 0.418 e. The lowest BCUT2D eigenvalue weighted by Gasteiger charge is -2.30. The van der Waals surface area contributed by atoms with Gasteiger partial charge in [-0.1, -0.05) is 31.2 Å². The summed E-state index contributed by atoms with van der Waals surface area (Å²) in [5, 5.41) is 2.37. The molecule has 0 aromatic heterocycles. The Bertz CT molecular complexity index is 779. The van der Waals surface area contributed by atoms with E-state index in [1.165, 1.54) is 31.0 Å². The first kappa shape index (κ1) is 19.4. The van der Waals surface area contributed by atoms with Crippen LogP contribution in [0.5, 0.6) is 0 Å². The van der Waals surface area contributed by atoms with Crippen molar-refractivity contribution < 1.29 is 18.0 Å². The fraction of sp³-hybridized carbons (Fsp3) is 0.381. The molecule has 2 aromatic carbocycles. The molecule has 0 radical (unpaired) electrons. The van der Waals surface area contributed by atoms with E-state index in [2.05, 4.69) is 17.1 Å². The Kier molecular flexibility index (Phi) is 5.85. The van der Waals surface area contributed by atoms with Gasteiger partial charge in [-0.3, -0.25) is 9.69 Å². The highest BCUT2D eigenvalue weighted by Crippen LogP contribution is 2.34. The first-order valence-electron chi connectivity index (χ1n) is 9.12. The molecular formula is C21H23F3N2O. The smallest absolute Gasteiger partial charge is 0.321 e. The predicted molar refractivity (Wildman–Crippen MR) is 99.5 cm³/mol. The van der Waals surface area contributed by atoms with Gasteiger partial charge >= 0.3 is 6.18 Å². The summed E-state index contributed by atoms with van der Waals surface area (Å²) < 4.78 is 39.1. The Morgan fingerprint density at radius 1 is 1.07 bits per heavy atom. The second-order valence-electron chi connectivity index (χ2n) is 7.15. The van der Waals surface area contributed by atoms with Crippen molar-refractivity contribution in [3.8, 4) is 0 Å². The number of piperidine rings is 1. The maximum absolute atomic E-state index is 13.0. The summed E-state index contributed by atoms with van der Waals surface area (Å²) in [6.45, 7) is 5.22. The van der Waals surface area contributed by atoms with Crippen molar-refractivity contribution in [3.63, 3.8) is 0 Å². The molecule has 3 nitrogen and oxygen atoms in total. The molecule has 27 heavy (non-hydrogen) atoms. The fourth-order valence-corrected chi connectivity index (χ4v) is 3.27. The number of rotatable bonds is 4. The van der Waals surface area contributed by atoms with Gasteiger partial charge in [0.05, 0.1) is 11.3 Å². The van der Waals surface area contributed by atoms with Crippen LogP contribution in [0.3, 0.4) is 0 Å². The number of hydrogen-bond acceptors (Lipinski definition) is 2. The minimum absolute atomic E-state index is 0.235. The first-order chi connectivity index (χ1) is 12.8. The average molecular weight is 376 g/mol. The number of carbonyl (C=O) groups is 1. The Hall–Kier alpha value is -2.34. The molecule has 0 spiro atoms. The maximum atomic E-state index is 13.0. The molecule has 1 N–H and O–H groups in total.